The molecule has 1 heterocycles. The fourth-order valence-corrected chi connectivity index (χ4v) is 2.49. The average molecular weight is 327 g/mol. The van der Waals surface area contributed by atoms with Gasteiger partial charge in [0.2, 0.25) is 0 Å². The Hall–Kier alpha value is -1.27. The largest absolute Gasteiger partial charge is 0.324 e. The molecule has 4 nitrogen and oxygen atoms in total. The van der Waals surface area contributed by atoms with E-state index in [0.29, 0.717) is 6.42 Å². The van der Waals surface area contributed by atoms with Crippen LogP contribution in [-0.4, -0.2) is 14.8 Å². The minimum absolute atomic E-state index is 0.288. The average Bonchev–Trinajstić information content (AvgIpc) is 2.80. The van der Waals surface area contributed by atoms with E-state index in [-0.39, 0.29) is 11.9 Å². The molecule has 0 bridgehead atoms. The zero-order chi connectivity index (χ0) is 13.8. The first-order valence-electron chi connectivity index (χ1n) is 6.19. The summed E-state index contributed by atoms with van der Waals surface area (Å²) in [6.45, 7) is 2.89. The van der Waals surface area contributed by atoms with Crippen LogP contribution in [0.2, 0.25) is 0 Å². The first-order chi connectivity index (χ1) is 9.11. The summed E-state index contributed by atoms with van der Waals surface area (Å²) < 4.78 is 15.9. The van der Waals surface area contributed by atoms with Crippen LogP contribution in [0.4, 0.5) is 4.39 Å². The molecule has 1 aromatic carbocycles. The maximum Gasteiger partial charge on any atom is 0.138 e. The Bertz CT molecular complexity index is 555. The SMILES string of the molecule is CCCn1ncnc1CC(N)c1cc(F)ccc1Br. The number of aryl methyl sites for hydroxylation is 1. The lowest BCUT2D eigenvalue weighted by Crippen LogP contribution is -2.18. The van der Waals surface area contributed by atoms with E-state index in [0.717, 1.165) is 28.8 Å². The van der Waals surface area contributed by atoms with Gasteiger partial charge in [-0.2, -0.15) is 5.10 Å². The first-order valence-corrected chi connectivity index (χ1v) is 6.98. The highest BCUT2D eigenvalue weighted by molar-refractivity contribution is 9.10. The number of aromatic nitrogens is 3. The third kappa shape index (κ3) is 3.39. The Kier molecular flexibility index (Phi) is 4.66. The van der Waals surface area contributed by atoms with Crippen molar-refractivity contribution in [2.24, 2.45) is 5.73 Å². The molecule has 0 aliphatic rings. The smallest absolute Gasteiger partial charge is 0.138 e. The summed E-state index contributed by atoms with van der Waals surface area (Å²) in [6.07, 6.45) is 3.04. The molecule has 1 unspecified atom stereocenters. The summed E-state index contributed by atoms with van der Waals surface area (Å²) in [7, 11) is 0. The van der Waals surface area contributed by atoms with Gasteiger partial charge in [0, 0.05) is 23.5 Å². The lowest BCUT2D eigenvalue weighted by molar-refractivity contribution is 0.546. The minimum atomic E-state index is -0.315. The van der Waals surface area contributed by atoms with Crippen LogP contribution >= 0.6 is 15.9 Å². The molecule has 102 valence electrons. The van der Waals surface area contributed by atoms with E-state index in [4.69, 9.17) is 5.73 Å². The number of benzene rings is 1. The van der Waals surface area contributed by atoms with Crippen molar-refractivity contribution in [3.63, 3.8) is 0 Å². The van der Waals surface area contributed by atoms with E-state index in [1.165, 1.54) is 18.5 Å². The fourth-order valence-electron chi connectivity index (χ4n) is 1.95. The molecule has 0 fully saturated rings. The molecule has 0 aliphatic heterocycles. The molecule has 6 heteroatoms. The Balaban J connectivity index is 2.18. The standard InChI is InChI=1S/C13H16BrFN4/c1-2-5-19-13(17-8-18-19)7-12(16)10-6-9(15)3-4-11(10)14/h3-4,6,8,12H,2,5,7,16H2,1H3. The highest BCUT2D eigenvalue weighted by Crippen LogP contribution is 2.25. The molecule has 0 aliphatic carbocycles. The van der Waals surface area contributed by atoms with Crippen LogP contribution in [0, 0.1) is 5.82 Å². The van der Waals surface area contributed by atoms with Gasteiger partial charge in [-0.05, 0) is 30.2 Å². The quantitative estimate of drug-likeness (QED) is 0.919. The number of halogens is 2. The lowest BCUT2D eigenvalue weighted by atomic mass is 10.0. The van der Waals surface area contributed by atoms with Crippen molar-refractivity contribution in [3.05, 3.63) is 46.2 Å². The van der Waals surface area contributed by atoms with E-state index >= 15 is 0 Å². The van der Waals surface area contributed by atoms with Gasteiger partial charge in [0.15, 0.2) is 0 Å². The molecule has 2 aromatic rings. The van der Waals surface area contributed by atoms with E-state index in [1.54, 1.807) is 6.07 Å². The second kappa shape index (κ2) is 6.25. The second-order valence-corrected chi connectivity index (χ2v) is 5.23. The Morgan fingerprint density at radius 1 is 1.47 bits per heavy atom. The molecule has 0 amide bonds. The Morgan fingerprint density at radius 2 is 2.26 bits per heavy atom. The van der Waals surface area contributed by atoms with Gasteiger partial charge in [0.05, 0.1) is 0 Å². The number of hydrogen-bond acceptors (Lipinski definition) is 3. The molecule has 19 heavy (non-hydrogen) atoms. The van der Waals surface area contributed by atoms with Crippen molar-refractivity contribution in [1.82, 2.24) is 14.8 Å². The molecule has 0 spiro atoms. The van der Waals surface area contributed by atoms with Gasteiger partial charge in [0.1, 0.15) is 18.0 Å². The second-order valence-electron chi connectivity index (χ2n) is 4.38. The predicted octanol–water partition coefficient (Wildman–Crippen LogP) is 2.83. The maximum absolute atomic E-state index is 13.3. The molecule has 1 aromatic heterocycles. The van der Waals surface area contributed by atoms with Crippen molar-refractivity contribution in [1.29, 1.82) is 0 Å². The van der Waals surface area contributed by atoms with E-state index in [2.05, 4.69) is 32.9 Å². The van der Waals surface area contributed by atoms with Crippen molar-refractivity contribution >= 4 is 15.9 Å². The van der Waals surface area contributed by atoms with Crippen LogP contribution in [0.15, 0.2) is 29.0 Å². The molecule has 2 rings (SSSR count). The third-order valence-electron chi connectivity index (χ3n) is 2.89. The van der Waals surface area contributed by atoms with Gasteiger partial charge in [-0.3, -0.25) is 4.68 Å². The van der Waals surface area contributed by atoms with E-state index in [1.807, 2.05) is 4.68 Å². The number of hydrogen-bond donors (Lipinski definition) is 1. The van der Waals surface area contributed by atoms with Crippen LogP contribution in [0.25, 0.3) is 0 Å². The topological polar surface area (TPSA) is 56.7 Å². The molecule has 2 N–H and O–H groups in total. The number of rotatable bonds is 5. The van der Waals surface area contributed by atoms with Crippen LogP contribution in [0.5, 0.6) is 0 Å². The molecular formula is C13H16BrFN4. The summed E-state index contributed by atoms with van der Waals surface area (Å²) >= 11 is 3.39. The van der Waals surface area contributed by atoms with E-state index < -0.39 is 0 Å². The van der Waals surface area contributed by atoms with Crippen molar-refractivity contribution < 1.29 is 4.39 Å². The zero-order valence-electron chi connectivity index (χ0n) is 10.7. The molecule has 0 saturated heterocycles. The van der Waals surface area contributed by atoms with E-state index in [9.17, 15) is 4.39 Å². The normalized spacial score (nSPS) is 12.6. The maximum atomic E-state index is 13.3. The van der Waals surface area contributed by atoms with Crippen molar-refractivity contribution in [3.8, 4) is 0 Å². The highest BCUT2D eigenvalue weighted by atomic mass is 79.9. The molecular weight excluding hydrogens is 311 g/mol. The van der Waals surface area contributed by atoms with Gasteiger partial charge >= 0.3 is 0 Å². The van der Waals surface area contributed by atoms with Crippen molar-refractivity contribution in [2.75, 3.05) is 0 Å². The van der Waals surface area contributed by atoms with Crippen molar-refractivity contribution in [2.45, 2.75) is 32.4 Å². The van der Waals surface area contributed by atoms with Gasteiger partial charge < -0.3 is 5.73 Å². The van der Waals surface area contributed by atoms with Crippen LogP contribution in [-0.2, 0) is 13.0 Å². The summed E-state index contributed by atoms with van der Waals surface area (Å²) in [4.78, 5) is 4.22. The van der Waals surface area contributed by atoms with Crippen LogP contribution in [0.3, 0.4) is 0 Å². The van der Waals surface area contributed by atoms with Crippen LogP contribution in [0.1, 0.15) is 30.8 Å². The number of nitrogens with zero attached hydrogens (tertiary/aromatic N) is 3. The van der Waals surface area contributed by atoms with Gasteiger partial charge in [0.25, 0.3) is 0 Å². The summed E-state index contributed by atoms with van der Waals surface area (Å²) in [5.41, 5.74) is 6.88. The fraction of sp³-hybridized carbons (Fsp3) is 0.385. The third-order valence-corrected chi connectivity index (χ3v) is 3.61. The molecule has 0 saturated carbocycles. The Labute approximate surface area is 120 Å². The lowest BCUT2D eigenvalue weighted by Gasteiger charge is -2.14. The van der Waals surface area contributed by atoms with Gasteiger partial charge in [-0.15, -0.1) is 0 Å². The molecule has 1 atom stereocenters. The molecule has 0 radical (unpaired) electrons. The summed E-state index contributed by atoms with van der Waals surface area (Å²) in [6, 6.07) is 4.21. The van der Waals surface area contributed by atoms with Gasteiger partial charge in [-0.1, -0.05) is 22.9 Å². The highest BCUT2D eigenvalue weighted by Gasteiger charge is 2.15. The first kappa shape index (κ1) is 14.1. The predicted molar refractivity (Wildman–Crippen MR) is 75.0 cm³/mol. The summed E-state index contributed by atoms with van der Waals surface area (Å²) in [5.74, 6) is 0.536. The Morgan fingerprint density at radius 3 is 3.00 bits per heavy atom. The monoisotopic (exact) mass is 326 g/mol. The minimum Gasteiger partial charge on any atom is -0.324 e. The van der Waals surface area contributed by atoms with Crippen LogP contribution < -0.4 is 5.73 Å². The number of nitrogens with two attached hydrogens (primary N) is 1. The summed E-state index contributed by atoms with van der Waals surface area (Å²) in [5, 5.41) is 4.16. The van der Waals surface area contributed by atoms with Gasteiger partial charge in [-0.25, -0.2) is 9.37 Å². The zero-order valence-corrected chi connectivity index (χ0v) is 12.3.